The summed E-state index contributed by atoms with van der Waals surface area (Å²) < 4.78 is 10.7. The third-order valence-electron chi connectivity index (χ3n) is 5.80. The number of imidazole rings is 1. The van der Waals surface area contributed by atoms with Gasteiger partial charge in [-0.3, -0.25) is 19.5 Å². The quantitative estimate of drug-likeness (QED) is 0.244. The lowest BCUT2D eigenvalue weighted by atomic mass is 9.95. The smallest absolute Gasteiger partial charge is 0.302 e. The lowest BCUT2D eigenvalue weighted by Gasteiger charge is -2.23. The zero-order valence-electron chi connectivity index (χ0n) is 18.7. The fourth-order valence-electron chi connectivity index (χ4n) is 4.16. The maximum atomic E-state index is 13.4. The Kier molecular flexibility index (Phi) is 5.62. The number of carbonyl (C=O) groups excluding carboxylic acids is 2. The molecule has 176 valence electrons. The first kappa shape index (κ1) is 22.4. The Hall–Kier alpha value is -4.37. The van der Waals surface area contributed by atoms with Crippen molar-refractivity contribution in [3.8, 4) is 11.5 Å². The standard InChI is InChI=1S/C25H19ClN4O5/c1-34-18-12-15(26)19(35-2)11-14(18)22(31)20-21(13-7-9-27-10-8-13)30(24(33)23(20)32)25-28-16-5-3-4-6-17(16)29-25/h3-12,21,31H,1-2H3,(H,28,29)/b22-20+. The predicted octanol–water partition coefficient (Wildman–Crippen LogP) is 4.25. The number of aliphatic hydroxyl groups is 1. The summed E-state index contributed by atoms with van der Waals surface area (Å²) in [6.45, 7) is 0. The summed E-state index contributed by atoms with van der Waals surface area (Å²) in [4.78, 5) is 39.6. The van der Waals surface area contributed by atoms with E-state index in [9.17, 15) is 14.7 Å². The van der Waals surface area contributed by atoms with Crippen molar-refractivity contribution < 1.29 is 24.2 Å². The molecule has 1 fully saturated rings. The number of para-hydroxylation sites is 2. The highest BCUT2D eigenvalue weighted by molar-refractivity contribution is 6.51. The molecule has 0 spiro atoms. The van der Waals surface area contributed by atoms with Crippen LogP contribution in [-0.4, -0.2) is 46.0 Å². The minimum absolute atomic E-state index is 0.135. The first-order valence-corrected chi connectivity index (χ1v) is 10.9. The second-order valence-corrected chi connectivity index (χ2v) is 8.12. The number of ether oxygens (including phenoxy) is 2. The molecular weight excluding hydrogens is 472 g/mol. The van der Waals surface area contributed by atoms with E-state index in [2.05, 4.69) is 15.0 Å². The number of fused-ring (bicyclic) bond motifs is 1. The lowest BCUT2D eigenvalue weighted by molar-refractivity contribution is -0.132. The molecule has 0 bridgehead atoms. The number of benzene rings is 2. The molecule has 0 saturated carbocycles. The number of rotatable bonds is 5. The first-order chi connectivity index (χ1) is 16.9. The number of pyridine rings is 1. The predicted molar refractivity (Wildman–Crippen MR) is 130 cm³/mol. The number of carbonyl (C=O) groups is 2. The SMILES string of the molecule is COc1cc(/C(O)=C2\C(=O)C(=O)N(c3nc4ccccc4[nH]3)C2c2ccncc2)c(OC)cc1Cl. The summed E-state index contributed by atoms with van der Waals surface area (Å²) in [6, 6.07) is 12.5. The maximum absolute atomic E-state index is 13.4. The molecule has 4 aromatic rings. The Morgan fingerprint density at radius 2 is 1.77 bits per heavy atom. The summed E-state index contributed by atoms with van der Waals surface area (Å²) in [5, 5.41) is 11.7. The van der Waals surface area contributed by atoms with Gasteiger partial charge in [-0.15, -0.1) is 0 Å². The fraction of sp³-hybridized carbons (Fsp3) is 0.120. The molecule has 2 aromatic heterocycles. The average molecular weight is 491 g/mol. The highest BCUT2D eigenvalue weighted by atomic mass is 35.5. The van der Waals surface area contributed by atoms with Crippen LogP contribution in [0.15, 0.2) is 66.5 Å². The highest BCUT2D eigenvalue weighted by Gasteiger charge is 2.48. The number of anilines is 1. The molecule has 35 heavy (non-hydrogen) atoms. The number of aromatic nitrogens is 3. The number of aliphatic hydroxyl groups excluding tert-OH is 1. The van der Waals surface area contributed by atoms with Crippen LogP contribution >= 0.6 is 11.6 Å². The summed E-state index contributed by atoms with van der Waals surface area (Å²) in [5.74, 6) is -1.50. The summed E-state index contributed by atoms with van der Waals surface area (Å²) >= 11 is 6.21. The molecule has 1 atom stereocenters. The first-order valence-electron chi connectivity index (χ1n) is 10.5. The number of hydrogen-bond donors (Lipinski definition) is 2. The van der Waals surface area contributed by atoms with Gasteiger partial charge in [-0.1, -0.05) is 23.7 Å². The van der Waals surface area contributed by atoms with Gasteiger partial charge in [-0.2, -0.15) is 0 Å². The van der Waals surface area contributed by atoms with Crippen LogP contribution in [0.2, 0.25) is 5.02 Å². The third kappa shape index (κ3) is 3.66. The topological polar surface area (TPSA) is 118 Å². The largest absolute Gasteiger partial charge is 0.507 e. The van der Waals surface area contributed by atoms with Gasteiger partial charge in [0.05, 0.1) is 47.5 Å². The van der Waals surface area contributed by atoms with Gasteiger partial charge >= 0.3 is 5.91 Å². The van der Waals surface area contributed by atoms with Crippen molar-refractivity contribution in [1.29, 1.82) is 0 Å². The number of nitrogens with one attached hydrogen (secondary N) is 1. The molecule has 2 N–H and O–H groups in total. The second kappa shape index (κ2) is 8.77. The van der Waals surface area contributed by atoms with Crippen LogP contribution in [0.1, 0.15) is 17.2 Å². The number of H-pyrrole nitrogens is 1. The van der Waals surface area contributed by atoms with E-state index >= 15 is 0 Å². The third-order valence-corrected chi connectivity index (χ3v) is 6.10. The van der Waals surface area contributed by atoms with E-state index < -0.39 is 23.5 Å². The van der Waals surface area contributed by atoms with E-state index in [0.717, 1.165) is 0 Å². The molecule has 0 radical (unpaired) electrons. The van der Waals surface area contributed by atoms with Crippen molar-refractivity contribution in [1.82, 2.24) is 15.0 Å². The molecule has 1 unspecified atom stereocenters. The number of hydrogen-bond acceptors (Lipinski definition) is 7. The molecule has 3 heterocycles. The van der Waals surface area contributed by atoms with Crippen molar-refractivity contribution in [3.63, 3.8) is 0 Å². The molecule has 0 aliphatic carbocycles. The minimum Gasteiger partial charge on any atom is -0.507 e. The molecule has 2 aromatic carbocycles. The van der Waals surface area contributed by atoms with Crippen molar-refractivity contribution in [2.24, 2.45) is 0 Å². The Morgan fingerprint density at radius 1 is 1.06 bits per heavy atom. The van der Waals surface area contributed by atoms with Crippen molar-refractivity contribution in [2.45, 2.75) is 6.04 Å². The van der Waals surface area contributed by atoms with Gasteiger partial charge in [0.2, 0.25) is 5.95 Å². The summed E-state index contributed by atoms with van der Waals surface area (Å²) in [6.07, 6.45) is 3.08. The molecule has 1 saturated heterocycles. The lowest BCUT2D eigenvalue weighted by Crippen LogP contribution is -2.30. The van der Waals surface area contributed by atoms with Crippen molar-refractivity contribution in [3.05, 3.63) is 82.6 Å². The number of Topliss-reactive ketones (excluding diaryl/α,β-unsaturated/α-hetero) is 1. The van der Waals surface area contributed by atoms with Gasteiger partial charge < -0.3 is 19.6 Å². The Bertz CT molecular complexity index is 1470. The molecule has 1 amide bonds. The summed E-state index contributed by atoms with van der Waals surface area (Å²) in [5.41, 5.74) is 1.89. The number of methoxy groups -OCH3 is 2. The normalized spacial score (nSPS) is 17.2. The molecule has 9 nitrogen and oxygen atoms in total. The zero-order chi connectivity index (χ0) is 24.7. The summed E-state index contributed by atoms with van der Waals surface area (Å²) in [7, 11) is 2.83. The van der Waals surface area contributed by atoms with E-state index in [4.69, 9.17) is 21.1 Å². The molecule has 5 rings (SSSR count). The van der Waals surface area contributed by atoms with Gasteiger partial charge in [0.25, 0.3) is 5.78 Å². The molecule has 1 aliphatic heterocycles. The number of nitrogens with zero attached hydrogens (tertiary/aromatic N) is 3. The number of amides is 1. The number of halogens is 1. The molecule has 10 heteroatoms. The van der Waals surface area contributed by atoms with E-state index in [1.165, 1.54) is 31.3 Å². The van der Waals surface area contributed by atoms with Gasteiger partial charge in [0.1, 0.15) is 17.3 Å². The van der Waals surface area contributed by atoms with Crippen LogP contribution in [0.5, 0.6) is 11.5 Å². The Balaban J connectivity index is 1.76. The van der Waals surface area contributed by atoms with Crippen LogP contribution in [0, 0.1) is 0 Å². The highest BCUT2D eigenvalue weighted by Crippen LogP contribution is 2.44. The van der Waals surface area contributed by atoms with Crippen LogP contribution < -0.4 is 14.4 Å². The van der Waals surface area contributed by atoms with Crippen molar-refractivity contribution in [2.75, 3.05) is 19.1 Å². The van der Waals surface area contributed by atoms with Crippen LogP contribution in [0.4, 0.5) is 5.95 Å². The fourth-order valence-corrected chi connectivity index (χ4v) is 4.39. The van der Waals surface area contributed by atoms with E-state index in [1.807, 2.05) is 18.2 Å². The number of ketones is 1. The van der Waals surface area contributed by atoms with E-state index in [1.54, 1.807) is 30.6 Å². The van der Waals surface area contributed by atoms with Gasteiger partial charge in [0, 0.05) is 18.5 Å². The Labute approximate surface area is 204 Å². The zero-order valence-corrected chi connectivity index (χ0v) is 19.4. The number of aromatic amines is 1. The van der Waals surface area contributed by atoms with E-state index in [0.29, 0.717) is 16.6 Å². The molecule has 1 aliphatic rings. The minimum atomic E-state index is -0.982. The second-order valence-electron chi connectivity index (χ2n) is 7.71. The van der Waals surface area contributed by atoms with Gasteiger partial charge in [-0.05, 0) is 35.9 Å². The van der Waals surface area contributed by atoms with Crippen LogP contribution in [0.25, 0.3) is 16.8 Å². The van der Waals surface area contributed by atoms with Crippen LogP contribution in [-0.2, 0) is 9.59 Å². The Morgan fingerprint density at radius 3 is 2.46 bits per heavy atom. The van der Waals surface area contributed by atoms with Gasteiger partial charge in [-0.25, -0.2) is 4.98 Å². The van der Waals surface area contributed by atoms with E-state index in [-0.39, 0.29) is 33.6 Å². The van der Waals surface area contributed by atoms with Gasteiger partial charge in [0.15, 0.2) is 0 Å². The maximum Gasteiger partial charge on any atom is 0.302 e. The van der Waals surface area contributed by atoms with Crippen molar-refractivity contribution >= 4 is 46.0 Å². The van der Waals surface area contributed by atoms with Crippen LogP contribution in [0.3, 0.4) is 0 Å². The monoisotopic (exact) mass is 490 g/mol. The average Bonchev–Trinajstić information content (AvgIpc) is 3.42. The molecular formula is C25H19ClN4O5.